The van der Waals surface area contributed by atoms with Gasteiger partial charge in [0.1, 0.15) is 0 Å². The molecule has 2 aromatic rings. The average molecular weight is 388 g/mol. The van der Waals surface area contributed by atoms with Gasteiger partial charge in [0.15, 0.2) is 0 Å². The van der Waals surface area contributed by atoms with Gasteiger partial charge >= 0.3 is 6.03 Å². The van der Waals surface area contributed by atoms with Crippen LogP contribution >= 0.6 is 11.6 Å². The van der Waals surface area contributed by atoms with Gasteiger partial charge in [-0.3, -0.25) is 4.79 Å². The van der Waals surface area contributed by atoms with Crippen molar-refractivity contribution in [2.75, 3.05) is 18.5 Å². The van der Waals surface area contributed by atoms with Gasteiger partial charge in [-0.05, 0) is 41.8 Å². The number of rotatable bonds is 6. The third-order valence-corrected chi connectivity index (χ3v) is 4.60. The number of anilines is 1. The maximum absolute atomic E-state index is 12.0. The van der Waals surface area contributed by atoms with Crippen molar-refractivity contribution in [1.29, 1.82) is 0 Å². The highest BCUT2D eigenvalue weighted by molar-refractivity contribution is 6.30. The monoisotopic (exact) mass is 387 g/mol. The summed E-state index contributed by atoms with van der Waals surface area (Å²) in [5, 5.41) is 9.15. The van der Waals surface area contributed by atoms with E-state index in [4.69, 9.17) is 16.3 Å². The molecule has 7 heteroatoms. The van der Waals surface area contributed by atoms with E-state index in [0.717, 1.165) is 17.5 Å². The van der Waals surface area contributed by atoms with Crippen molar-refractivity contribution in [3.63, 3.8) is 0 Å². The second-order valence-electron chi connectivity index (χ2n) is 6.41. The number of ether oxygens (including phenoxy) is 1. The molecule has 142 valence electrons. The van der Waals surface area contributed by atoms with Crippen molar-refractivity contribution in [3.05, 3.63) is 64.7 Å². The van der Waals surface area contributed by atoms with Crippen molar-refractivity contribution in [3.8, 4) is 0 Å². The minimum Gasteiger partial charge on any atom is -0.381 e. The minimum absolute atomic E-state index is 0.0243. The van der Waals surface area contributed by atoms with Gasteiger partial charge in [0.2, 0.25) is 5.91 Å². The maximum Gasteiger partial charge on any atom is 0.319 e. The summed E-state index contributed by atoms with van der Waals surface area (Å²) in [5.41, 5.74) is 2.62. The summed E-state index contributed by atoms with van der Waals surface area (Å²) in [6.07, 6.45) is 0.778. The van der Waals surface area contributed by atoms with E-state index in [-0.39, 0.29) is 17.9 Å². The van der Waals surface area contributed by atoms with Gasteiger partial charge < -0.3 is 20.7 Å². The Hall–Kier alpha value is -2.57. The molecule has 0 saturated carbocycles. The maximum atomic E-state index is 12.0. The summed E-state index contributed by atoms with van der Waals surface area (Å²) in [6.45, 7) is 2.02. The van der Waals surface area contributed by atoms with Crippen molar-refractivity contribution in [2.45, 2.75) is 19.5 Å². The molecular formula is C20H22ClN3O3. The van der Waals surface area contributed by atoms with E-state index < -0.39 is 0 Å². The Balaban J connectivity index is 1.42. The minimum atomic E-state index is -0.285. The van der Waals surface area contributed by atoms with Crippen LogP contribution in [0.15, 0.2) is 48.5 Å². The van der Waals surface area contributed by atoms with Crippen LogP contribution in [0.5, 0.6) is 0 Å². The molecule has 1 fully saturated rings. The lowest BCUT2D eigenvalue weighted by Crippen LogP contribution is -2.30. The van der Waals surface area contributed by atoms with Crippen molar-refractivity contribution < 1.29 is 14.3 Å². The zero-order chi connectivity index (χ0) is 19.1. The lowest BCUT2D eigenvalue weighted by Gasteiger charge is -2.11. The van der Waals surface area contributed by atoms with E-state index in [1.807, 2.05) is 36.4 Å². The van der Waals surface area contributed by atoms with Gasteiger partial charge in [0.05, 0.1) is 12.5 Å². The fraction of sp³-hybridized carbons (Fsp3) is 0.300. The lowest BCUT2D eigenvalue weighted by molar-refractivity contribution is -0.125. The molecule has 0 bridgehead atoms. The van der Waals surface area contributed by atoms with E-state index >= 15 is 0 Å². The van der Waals surface area contributed by atoms with Crippen LogP contribution in [-0.4, -0.2) is 25.2 Å². The molecule has 6 nitrogen and oxygen atoms in total. The van der Waals surface area contributed by atoms with Crippen LogP contribution in [0.3, 0.4) is 0 Å². The molecule has 3 rings (SSSR count). The predicted octanol–water partition coefficient (Wildman–Crippen LogP) is 3.31. The molecule has 1 aliphatic rings. The average Bonchev–Trinajstić information content (AvgIpc) is 3.22. The van der Waals surface area contributed by atoms with Crippen LogP contribution in [0, 0.1) is 5.92 Å². The van der Waals surface area contributed by atoms with E-state index in [0.29, 0.717) is 37.0 Å². The SMILES string of the molecule is O=C(NCc1ccc(Cl)cc1)Nc1ccc(CNC(=O)[C@H]2CCOC2)cc1. The fourth-order valence-corrected chi connectivity index (χ4v) is 2.87. The molecule has 1 atom stereocenters. The molecule has 3 N–H and O–H groups in total. The Kier molecular flexibility index (Phi) is 6.68. The Labute approximate surface area is 163 Å². The second-order valence-corrected chi connectivity index (χ2v) is 6.85. The first-order chi connectivity index (χ1) is 13.1. The molecule has 1 aliphatic heterocycles. The predicted molar refractivity (Wildman–Crippen MR) is 105 cm³/mol. The highest BCUT2D eigenvalue weighted by Crippen LogP contribution is 2.14. The van der Waals surface area contributed by atoms with Crippen LogP contribution in [0.2, 0.25) is 5.02 Å². The standard InChI is InChI=1S/C20H22ClN3O3/c21-17-5-1-14(2-6-17)12-23-20(26)24-18-7-3-15(4-8-18)11-22-19(25)16-9-10-27-13-16/h1-8,16H,9-13H2,(H,22,25)(H2,23,24,26)/t16-/m0/s1. The summed E-state index contributed by atoms with van der Waals surface area (Å²) in [6, 6.07) is 14.4. The molecular weight excluding hydrogens is 366 g/mol. The Morgan fingerprint density at radius 3 is 2.22 bits per heavy atom. The largest absolute Gasteiger partial charge is 0.381 e. The number of carbonyl (C=O) groups is 2. The lowest BCUT2D eigenvalue weighted by atomic mass is 10.1. The Bertz CT molecular complexity index is 772. The van der Waals surface area contributed by atoms with Crippen LogP contribution < -0.4 is 16.0 Å². The molecule has 0 aromatic heterocycles. The van der Waals surface area contributed by atoms with Crippen LogP contribution in [0.4, 0.5) is 10.5 Å². The number of halogens is 1. The molecule has 1 saturated heterocycles. The molecule has 0 aliphatic carbocycles. The first-order valence-corrected chi connectivity index (χ1v) is 9.21. The van der Waals surface area contributed by atoms with Gasteiger partial charge in [0, 0.05) is 30.4 Å². The molecule has 1 heterocycles. The number of benzene rings is 2. The van der Waals surface area contributed by atoms with Crippen molar-refractivity contribution >= 4 is 29.2 Å². The molecule has 0 spiro atoms. The quantitative estimate of drug-likeness (QED) is 0.711. The summed E-state index contributed by atoms with van der Waals surface area (Å²) in [5.74, 6) is -0.0217. The highest BCUT2D eigenvalue weighted by Gasteiger charge is 2.22. The number of urea groups is 1. The zero-order valence-electron chi connectivity index (χ0n) is 14.8. The fourth-order valence-electron chi connectivity index (χ4n) is 2.74. The van der Waals surface area contributed by atoms with Gasteiger partial charge in [-0.1, -0.05) is 35.9 Å². The normalized spacial score (nSPS) is 16.0. The van der Waals surface area contributed by atoms with Crippen LogP contribution in [0.1, 0.15) is 17.5 Å². The van der Waals surface area contributed by atoms with Gasteiger partial charge in [-0.25, -0.2) is 4.79 Å². The third-order valence-electron chi connectivity index (χ3n) is 4.35. The Morgan fingerprint density at radius 2 is 1.59 bits per heavy atom. The van der Waals surface area contributed by atoms with E-state index in [9.17, 15) is 9.59 Å². The Morgan fingerprint density at radius 1 is 0.963 bits per heavy atom. The molecule has 0 radical (unpaired) electrons. The van der Waals surface area contributed by atoms with Gasteiger partial charge in [0.25, 0.3) is 0 Å². The van der Waals surface area contributed by atoms with Crippen molar-refractivity contribution in [1.82, 2.24) is 10.6 Å². The first kappa shape index (κ1) is 19.2. The third kappa shape index (κ3) is 5.98. The van der Waals surface area contributed by atoms with Crippen LogP contribution in [0.25, 0.3) is 0 Å². The topological polar surface area (TPSA) is 79.5 Å². The van der Waals surface area contributed by atoms with Crippen molar-refractivity contribution in [2.24, 2.45) is 5.92 Å². The number of amides is 3. The summed E-state index contributed by atoms with van der Waals surface area (Å²) in [4.78, 5) is 24.0. The summed E-state index contributed by atoms with van der Waals surface area (Å²) >= 11 is 5.84. The van der Waals surface area contributed by atoms with E-state index in [1.54, 1.807) is 12.1 Å². The smallest absolute Gasteiger partial charge is 0.319 e. The highest BCUT2D eigenvalue weighted by atomic mass is 35.5. The van der Waals surface area contributed by atoms with Gasteiger partial charge in [-0.15, -0.1) is 0 Å². The second kappa shape index (κ2) is 9.39. The summed E-state index contributed by atoms with van der Waals surface area (Å²) < 4.78 is 5.22. The zero-order valence-corrected chi connectivity index (χ0v) is 15.6. The molecule has 27 heavy (non-hydrogen) atoms. The number of carbonyl (C=O) groups excluding carboxylic acids is 2. The molecule has 3 amide bonds. The number of hydrogen-bond donors (Lipinski definition) is 3. The van der Waals surface area contributed by atoms with Crippen LogP contribution in [-0.2, 0) is 22.6 Å². The molecule has 2 aromatic carbocycles. The summed E-state index contributed by atoms with van der Waals surface area (Å²) in [7, 11) is 0. The molecule has 0 unspecified atom stereocenters. The van der Waals surface area contributed by atoms with E-state index in [2.05, 4.69) is 16.0 Å². The van der Waals surface area contributed by atoms with E-state index in [1.165, 1.54) is 0 Å². The van der Waals surface area contributed by atoms with Gasteiger partial charge in [-0.2, -0.15) is 0 Å². The number of nitrogens with one attached hydrogen (secondary N) is 3. The first-order valence-electron chi connectivity index (χ1n) is 8.84. The number of hydrogen-bond acceptors (Lipinski definition) is 3.